The highest BCUT2D eigenvalue weighted by Gasteiger charge is 2.24. The van der Waals surface area contributed by atoms with Crippen LogP contribution in [0.15, 0.2) is 59.5 Å². The fourth-order valence-electron chi connectivity index (χ4n) is 3.57. The van der Waals surface area contributed by atoms with Crippen LogP contribution in [-0.4, -0.2) is 35.7 Å². The van der Waals surface area contributed by atoms with E-state index in [1.54, 1.807) is 11.8 Å². The highest BCUT2D eigenvalue weighted by atomic mass is 32.2. The smallest absolute Gasteiger partial charge is 0.221 e. The van der Waals surface area contributed by atoms with Crippen molar-refractivity contribution in [3.63, 3.8) is 0 Å². The molecule has 0 spiro atoms. The van der Waals surface area contributed by atoms with Crippen LogP contribution < -0.4 is 5.32 Å². The molecule has 3 nitrogen and oxygen atoms in total. The Hall–Kier alpha value is -1.78. The average molecular weight is 383 g/mol. The Morgan fingerprint density at radius 1 is 1.11 bits per heavy atom. The molecule has 1 unspecified atom stereocenters. The van der Waals surface area contributed by atoms with Gasteiger partial charge in [-0.05, 0) is 44.4 Å². The largest absolute Gasteiger partial charge is 0.353 e. The molecule has 0 bridgehead atoms. The van der Waals surface area contributed by atoms with Crippen LogP contribution in [0, 0.1) is 6.92 Å². The summed E-state index contributed by atoms with van der Waals surface area (Å²) in [5.41, 5.74) is 2.64. The fourth-order valence-corrected chi connectivity index (χ4v) is 4.42. The van der Waals surface area contributed by atoms with Crippen LogP contribution in [0.5, 0.6) is 0 Å². The molecule has 0 aromatic heterocycles. The molecule has 1 aliphatic rings. The molecule has 1 amide bonds. The lowest BCUT2D eigenvalue weighted by Crippen LogP contribution is -2.45. The fraction of sp³-hybridized carbons (Fsp3) is 0.435. The van der Waals surface area contributed by atoms with E-state index < -0.39 is 0 Å². The molecule has 1 saturated heterocycles. The van der Waals surface area contributed by atoms with E-state index in [1.807, 2.05) is 0 Å². The molecule has 1 heterocycles. The average Bonchev–Trinajstić information content (AvgIpc) is 2.70. The molecular formula is C23H30N2OS. The minimum Gasteiger partial charge on any atom is -0.353 e. The van der Waals surface area contributed by atoms with Crippen LogP contribution in [-0.2, 0) is 4.79 Å². The molecule has 1 aliphatic heterocycles. The van der Waals surface area contributed by atoms with E-state index in [1.165, 1.54) is 16.0 Å². The number of thioether (sulfide) groups is 1. The number of likely N-dealkylation sites (tertiary alicyclic amines) is 1. The number of hydrogen-bond acceptors (Lipinski definition) is 3. The van der Waals surface area contributed by atoms with Gasteiger partial charge in [0, 0.05) is 42.2 Å². The number of benzene rings is 2. The number of nitrogens with zero attached hydrogens (tertiary/aromatic N) is 1. The number of carbonyl (C=O) groups is 1. The SMILES string of the molecule is Cc1ccc(SCCC(=O)NC2CCN(C(C)c3ccccc3)CC2)cc1. The summed E-state index contributed by atoms with van der Waals surface area (Å²) in [6.07, 6.45) is 2.65. The van der Waals surface area contributed by atoms with Crippen molar-refractivity contribution in [2.24, 2.45) is 0 Å². The van der Waals surface area contributed by atoms with Crippen molar-refractivity contribution in [3.05, 3.63) is 65.7 Å². The number of piperidine rings is 1. The van der Waals surface area contributed by atoms with Crippen molar-refractivity contribution in [3.8, 4) is 0 Å². The van der Waals surface area contributed by atoms with Crippen molar-refractivity contribution < 1.29 is 4.79 Å². The zero-order valence-corrected chi connectivity index (χ0v) is 17.2. The van der Waals surface area contributed by atoms with Crippen molar-refractivity contribution in [1.82, 2.24) is 10.2 Å². The number of rotatable bonds is 7. The quantitative estimate of drug-likeness (QED) is 0.697. The summed E-state index contributed by atoms with van der Waals surface area (Å²) in [6.45, 7) is 6.45. The molecule has 0 aliphatic carbocycles. The Morgan fingerprint density at radius 3 is 2.44 bits per heavy atom. The van der Waals surface area contributed by atoms with E-state index in [0.29, 0.717) is 18.5 Å². The summed E-state index contributed by atoms with van der Waals surface area (Å²) < 4.78 is 0. The number of nitrogens with one attached hydrogen (secondary N) is 1. The highest BCUT2D eigenvalue weighted by molar-refractivity contribution is 7.99. The van der Waals surface area contributed by atoms with E-state index in [4.69, 9.17) is 0 Å². The molecule has 3 rings (SSSR count). The van der Waals surface area contributed by atoms with Crippen molar-refractivity contribution in [2.75, 3.05) is 18.8 Å². The topological polar surface area (TPSA) is 32.3 Å². The second-order valence-corrected chi connectivity index (χ2v) is 8.54. The van der Waals surface area contributed by atoms with E-state index in [9.17, 15) is 4.79 Å². The number of amides is 1. The molecule has 2 aromatic rings. The maximum absolute atomic E-state index is 12.3. The summed E-state index contributed by atoms with van der Waals surface area (Å²) in [7, 11) is 0. The molecule has 1 fully saturated rings. The summed E-state index contributed by atoms with van der Waals surface area (Å²) in [5, 5.41) is 3.23. The molecular weight excluding hydrogens is 352 g/mol. The molecule has 144 valence electrons. The molecule has 2 aromatic carbocycles. The van der Waals surface area contributed by atoms with Crippen molar-refractivity contribution in [1.29, 1.82) is 0 Å². The third kappa shape index (κ3) is 6.12. The van der Waals surface area contributed by atoms with Gasteiger partial charge in [0.1, 0.15) is 0 Å². The first-order valence-electron chi connectivity index (χ1n) is 9.89. The van der Waals surface area contributed by atoms with Crippen LogP contribution >= 0.6 is 11.8 Å². The van der Waals surface area contributed by atoms with Crippen molar-refractivity contribution in [2.45, 2.75) is 50.1 Å². The van der Waals surface area contributed by atoms with Gasteiger partial charge >= 0.3 is 0 Å². The summed E-state index contributed by atoms with van der Waals surface area (Å²) >= 11 is 1.75. The predicted molar refractivity (Wildman–Crippen MR) is 114 cm³/mol. The number of aryl methyl sites for hydroxylation is 1. The maximum atomic E-state index is 12.3. The Labute approximate surface area is 167 Å². The van der Waals surface area contributed by atoms with Crippen LogP contribution in [0.4, 0.5) is 0 Å². The predicted octanol–water partition coefficient (Wildman–Crippen LogP) is 4.82. The van der Waals surface area contributed by atoms with E-state index in [2.05, 4.69) is 78.7 Å². The lowest BCUT2D eigenvalue weighted by molar-refractivity contribution is -0.121. The Balaban J connectivity index is 1.36. The Morgan fingerprint density at radius 2 is 1.78 bits per heavy atom. The zero-order chi connectivity index (χ0) is 19.1. The Bertz CT molecular complexity index is 709. The second-order valence-electron chi connectivity index (χ2n) is 7.38. The molecule has 4 heteroatoms. The van der Waals surface area contributed by atoms with E-state index in [-0.39, 0.29) is 5.91 Å². The van der Waals surface area contributed by atoms with E-state index >= 15 is 0 Å². The highest BCUT2D eigenvalue weighted by Crippen LogP contribution is 2.24. The minimum atomic E-state index is 0.184. The van der Waals surface area contributed by atoms with Gasteiger partial charge in [0.15, 0.2) is 0 Å². The normalized spacial score (nSPS) is 16.8. The van der Waals surface area contributed by atoms with Gasteiger partial charge in [-0.3, -0.25) is 9.69 Å². The first kappa shape index (κ1) is 20.0. The van der Waals surface area contributed by atoms with Crippen LogP contribution in [0.25, 0.3) is 0 Å². The maximum Gasteiger partial charge on any atom is 0.221 e. The standard InChI is InChI=1S/C23H30N2OS/c1-18-8-10-22(11-9-18)27-17-14-23(26)24-21-12-15-25(16-13-21)19(2)20-6-4-3-5-7-20/h3-11,19,21H,12-17H2,1-2H3,(H,24,26). The lowest BCUT2D eigenvalue weighted by Gasteiger charge is -2.36. The molecule has 1 atom stereocenters. The van der Waals surface area contributed by atoms with Gasteiger partial charge in [0.05, 0.1) is 0 Å². The van der Waals surface area contributed by atoms with Crippen LogP contribution in [0.1, 0.15) is 43.4 Å². The zero-order valence-electron chi connectivity index (χ0n) is 16.4. The van der Waals surface area contributed by atoms with Gasteiger partial charge in [-0.2, -0.15) is 0 Å². The summed E-state index contributed by atoms with van der Waals surface area (Å²) in [4.78, 5) is 16.0. The minimum absolute atomic E-state index is 0.184. The van der Waals surface area contributed by atoms with Crippen LogP contribution in [0.2, 0.25) is 0 Å². The third-order valence-electron chi connectivity index (χ3n) is 5.34. The number of hydrogen-bond donors (Lipinski definition) is 1. The second kappa shape index (κ2) is 9.95. The van der Waals surface area contributed by atoms with Gasteiger partial charge in [-0.25, -0.2) is 0 Å². The first-order valence-corrected chi connectivity index (χ1v) is 10.9. The third-order valence-corrected chi connectivity index (χ3v) is 6.36. The van der Waals surface area contributed by atoms with Gasteiger partial charge in [0.25, 0.3) is 0 Å². The van der Waals surface area contributed by atoms with Gasteiger partial charge in [0.2, 0.25) is 5.91 Å². The van der Waals surface area contributed by atoms with Gasteiger partial charge < -0.3 is 5.32 Å². The monoisotopic (exact) mass is 382 g/mol. The molecule has 0 saturated carbocycles. The summed E-state index contributed by atoms with van der Waals surface area (Å²) in [5.74, 6) is 1.02. The summed E-state index contributed by atoms with van der Waals surface area (Å²) in [6, 6.07) is 19.9. The van der Waals surface area contributed by atoms with Crippen molar-refractivity contribution >= 4 is 17.7 Å². The molecule has 27 heavy (non-hydrogen) atoms. The van der Waals surface area contributed by atoms with Crippen LogP contribution in [0.3, 0.4) is 0 Å². The van der Waals surface area contributed by atoms with E-state index in [0.717, 1.165) is 31.7 Å². The lowest BCUT2D eigenvalue weighted by atomic mass is 10.00. The molecule has 0 radical (unpaired) electrons. The Kier molecular flexibility index (Phi) is 7.36. The first-order chi connectivity index (χ1) is 13.1. The van der Waals surface area contributed by atoms with Gasteiger partial charge in [-0.15, -0.1) is 11.8 Å². The molecule has 1 N–H and O–H groups in total. The van der Waals surface area contributed by atoms with Gasteiger partial charge in [-0.1, -0.05) is 48.0 Å². The number of carbonyl (C=O) groups excluding carboxylic acids is 1.